The minimum Gasteiger partial charge on any atom is -0.306 e. The second-order valence-electron chi connectivity index (χ2n) is 8.24. The summed E-state index contributed by atoms with van der Waals surface area (Å²) in [5, 5.41) is 2.08. The van der Waals surface area contributed by atoms with E-state index in [4.69, 9.17) is 0 Å². The number of benzene rings is 1. The third-order valence-corrected chi connectivity index (χ3v) is 9.19. The number of aromatic nitrogens is 1. The van der Waals surface area contributed by atoms with Crippen molar-refractivity contribution in [2.45, 2.75) is 48.9 Å². The molecular weight excluding hydrogens is 396 g/mol. The Morgan fingerprint density at radius 3 is 2.32 bits per heavy atom. The fourth-order valence-corrected chi connectivity index (χ4v) is 8.09. The van der Waals surface area contributed by atoms with Crippen molar-refractivity contribution in [3.8, 4) is 0 Å². The van der Waals surface area contributed by atoms with Gasteiger partial charge in [0, 0.05) is 18.8 Å². The van der Waals surface area contributed by atoms with E-state index in [9.17, 15) is 16.8 Å². The molecule has 0 saturated carbocycles. The molecule has 1 saturated heterocycles. The van der Waals surface area contributed by atoms with Gasteiger partial charge in [-0.1, -0.05) is 39.0 Å². The highest BCUT2D eigenvalue weighted by Crippen LogP contribution is 2.28. The lowest BCUT2D eigenvalue weighted by Gasteiger charge is -2.22. The van der Waals surface area contributed by atoms with Crippen molar-refractivity contribution < 1.29 is 16.8 Å². The summed E-state index contributed by atoms with van der Waals surface area (Å²) in [6.45, 7) is 6.48. The Bertz CT molecular complexity index is 1030. The van der Waals surface area contributed by atoms with Gasteiger partial charge in [-0.15, -0.1) is 0 Å². The van der Waals surface area contributed by atoms with Gasteiger partial charge in [0.05, 0.1) is 27.3 Å². The molecule has 28 heavy (non-hydrogen) atoms. The summed E-state index contributed by atoms with van der Waals surface area (Å²) in [7, 11) is -7.22. The maximum Gasteiger partial charge on any atom is 0.183 e. The summed E-state index contributed by atoms with van der Waals surface area (Å²) < 4.78 is 50.8. The average molecular weight is 423 g/mol. The van der Waals surface area contributed by atoms with Crippen molar-refractivity contribution in [2.75, 3.05) is 11.5 Å². The van der Waals surface area contributed by atoms with Crippen molar-refractivity contribution in [2.24, 2.45) is 0 Å². The maximum atomic E-state index is 13.2. The SMILES string of the molecule is CC(C)(C)c1ccc(S(=O)(=O)[C@@H]2CS(=O)(=O)C[C@@H]2NCc2ccccn2)cc1. The van der Waals surface area contributed by atoms with Gasteiger partial charge in [0.25, 0.3) is 0 Å². The van der Waals surface area contributed by atoms with Crippen molar-refractivity contribution in [3.63, 3.8) is 0 Å². The molecule has 1 aromatic carbocycles. The van der Waals surface area contributed by atoms with Crippen LogP contribution in [0.2, 0.25) is 0 Å². The molecule has 152 valence electrons. The van der Waals surface area contributed by atoms with Gasteiger partial charge < -0.3 is 5.32 Å². The van der Waals surface area contributed by atoms with E-state index in [0.717, 1.165) is 11.3 Å². The molecular formula is C20H26N2O4S2. The standard InChI is InChI=1S/C20H26N2O4S2/c1-20(2,3)15-7-9-17(10-8-15)28(25,26)19-14-27(23,24)13-18(19)22-12-16-6-4-5-11-21-16/h4-11,18-19,22H,12-14H2,1-3H3/t18-,19+/m0/s1. The zero-order valence-electron chi connectivity index (χ0n) is 16.3. The predicted molar refractivity (Wildman–Crippen MR) is 110 cm³/mol. The quantitative estimate of drug-likeness (QED) is 0.793. The largest absolute Gasteiger partial charge is 0.306 e. The van der Waals surface area contributed by atoms with Crippen LogP contribution in [-0.4, -0.2) is 44.6 Å². The van der Waals surface area contributed by atoms with Crippen molar-refractivity contribution in [3.05, 3.63) is 59.9 Å². The van der Waals surface area contributed by atoms with Gasteiger partial charge in [-0.2, -0.15) is 0 Å². The highest BCUT2D eigenvalue weighted by molar-refractivity contribution is 7.96. The molecule has 0 radical (unpaired) electrons. The smallest absolute Gasteiger partial charge is 0.183 e. The van der Waals surface area contributed by atoms with Crippen LogP contribution in [0.5, 0.6) is 0 Å². The summed E-state index contributed by atoms with van der Waals surface area (Å²) in [4.78, 5) is 4.35. The van der Waals surface area contributed by atoms with E-state index in [1.54, 1.807) is 36.5 Å². The summed E-state index contributed by atoms with van der Waals surface area (Å²) in [6.07, 6.45) is 1.65. The fourth-order valence-electron chi connectivity index (χ4n) is 3.37. The van der Waals surface area contributed by atoms with Gasteiger partial charge in [-0.25, -0.2) is 16.8 Å². The number of nitrogens with one attached hydrogen (secondary N) is 1. The molecule has 1 aromatic heterocycles. The van der Waals surface area contributed by atoms with Crippen LogP contribution in [0.3, 0.4) is 0 Å². The molecule has 0 spiro atoms. The monoisotopic (exact) mass is 422 g/mol. The van der Waals surface area contributed by atoms with Gasteiger partial charge >= 0.3 is 0 Å². The zero-order chi connectivity index (χ0) is 20.6. The van der Waals surface area contributed by atoms with Crippen LogP contribution in [0.15, 0.2) is 53.6 Å². The molecule has 3 rings (SSSR count). The molecule has 0 bridgehead atoms. The molecule has 2 heterocycles. The first kappa shape index (κ1) is 21.0. The third kappa shape index (κ3) is 4.61. The number of rotatable bonds is 5. The Hall–Kier alpha value is -1.77. The van der Waals surface area contributed by atoms with E-state index in [-0.39, 0.29) is 21.8 Å². The first-order valence-electron chi connectivity index (χ1n) is 9.17. The number of sulfone groups is 2. The lowest BCUT2D eigenvalue weighted by molar-refractivity contribution is 0.522. The Balaban J connectivity index is 1.85. The maximum absolute atomic E-state index is 13.2. The molecule has 8 heteroatoms. The average Bonchev–Trinajstić information content (AvgIpc) is 2.96. The molecule has 2 atom stereocenters. The number of hydrogen-bond donors (Lipinski definition) is 1. The van der Waals surface area contributed by atoms with E-state index in [0.29, 0.717) is 6.54 Å². The molecule has 1 aliphatic heterocycles. The minimum atomic E-state index is -3.79. The van der Waals surface area contributed by atoms with E-state index in [1.807, 2.05) is 12.1 Å². The van der Waals surface area contributed by atoms with Gasteiger partial charge in [-0.05, 0) is 35.2 Å². The second-order valence-corrected chi connectivity index (χ2v) is 12.6. The van der Waals surface area contributed by atoms with Gasteiger partial charge in [0.15, 0.2) is 19.7 Å². The highest BCUT2D eigenvalue weighted by atomic mass is 32.2. The third-order valence-electron chi connectivity index (χ3n) is 5.02. The molecule has 1 aliphatic rings. The van der Waals surface area contributed by atoms with Crippen LogP contribution in [0.25, 0.3) is 0 Å². The zero-order valence-corrected chi connectivity index (χ0v) is 17.9. The van der Waals surface area contributed by atoms with Gasteiger partial charge in [-0.3, -0.25) is 4.98 Å². The molecule has 0 unspecified atom stereocenters. The number of pyridine rings is 1. The van der Waals surface area contributed by atoms with Crippen LogP contribution in [0.4, 0.5) is 0 Å². The van der Waals surface area contributed by atoms with Gasteiger partial charge in [0.2, 0.25) is 0 Å². The molecule has 0 amide bonds. The Morgan fingerprint density at radius 2 is 1.75 bits per heavy atom. The van der Waals surface area contributed by atoms with E-state index < -0.39 is 31.0 Å². The van der Waals surface area contributed by atoms with E-state index in [1.165, 1.54) is 0 Å². The summed E-state index contributed by atoms with van der Waals surface area (Å²) >= 11 is 0. The van der Waals surface area contributed by atoms with Gasteiger partial charge in [0.1, 0.15) is 0 Å². The summed E-state index contributed by atoms with van der Waals surface area (Å²) in [6, 6.07) is 11.5. The van der Waals surface area contributed by atoms with Crippen LogP contribution in [-0.2, 0) is 31.6 Å². The lowest BCUT2D eigenvalue weighted by atomic mass is 9.87. The number of hydrogen-bond acceptors (Lipinski definition) is 6. The molecule has 0 aliphatic carbocycles. The minimum absolute atomic E-state index is 0.0915. The van der Waals surface area contributed by atoms with Crippen LogP contribution in [0.1, 0.15) is 32.0 Å². The summed E-state index contributed by atoms with van der Waals surface area (Å²) in [5.41, 5.74) is 1.67. The molecule has 1 N–H and O–H groups in total. The van der Waals surface area contributed by atoms with E-state index in [2.05, 4.69) is 31.1 Å². The summed E-state index contributed by atoms with van der Waals surface area (Å²) in [5.74, 6) is -0.556. The van der Waals surface area contributed by atoms with Crippen molar-refractivity contribution >= 4 is 19.7 Å². The lowest BCUT2D eigenvalue weighted by Crippen LogP contribution is -2.43. The normalized spacial score (nSPS) is 22.2. The van der Waals surface area contributed by atoms with Crippen molar-refractivity contribution in [1.29, 1.82) is 0 Å². The van der Waals surface area contributed by atoms with Crippen molar-refractivity contribution in [1.82, 2.24) is 10.3 Å². The molecule has 6 nitrogen and oxygen atoms in total. The second kappa shape index (κ2) is 7.57. The fraction of sp³-hybridized carbons (Fsp3) is 0.450. The molecule has 1 fully saturated rings. The number of nitrogens with zero attached hydrogens (tertiary/aromatic N) is 1. The van der Waals surface area contributed by atoms with E-state index >= 15 is 0 Å². The predicted octanol–water partition coefficient (Wildman–Crippen LogP) is 2.11. The topological polar surface area (TPSA) is 93.2 Å². The Morgan fingerprint density at radius 1 is 1.07 bits per heavy atom. The Labute approximate surface area is 167 Å². The first-order chi connectivity index (χ1) is 13.0. The van der Waals surface area contributed by atoms with Crippen LogP contribution >= 0.6 is 0 Å². The van der Waals surface area contributed by atoms with Crippen LogP contribution in [0, 0.1) is 0 Å². The molecule has 2 aromatic rings. The Kier molecular flexibility index (Phi) is 5.67. The van der Waals surface area contributed by atoms with Crippen LogP contribution < -0.4 is 5.32 Å². The first-order valence-corrected chi connectivity index (χ1v) is 12.5. The highest BCUT2D eigenvalue weighted by Gasteiger charge is 2.45.